The maximum Gasteiger partial charge on any atom is 0.213 e. The van der Waals surface area contributed by atoms with Gasteiger partial charge in [0.1, 0.15) is 24.2 Å². The first kappa shape index (κ1) is 24.0. The fourth-order valence-corrected chi connectivity index (χ4v) is 5.94. The van der Waals surface area contributed by atoms with Crippen LogP contribution < -0.4 is 5.73 Å². The molecule has 0 unspecified atom stereocenters. The Morgan fingerprint density at radius 1 is 1.24 bits per heavy atom. The Bertz CT molecular complexity index is 1230. The number of ether oxygens (including phenoxy) is 1. The molecule has 0 radical (unpaired) electrons. The van der Waals surface area contributed by atoms with Crippen LogP contribution in [0.25, 0.3) is 22.3 Å². The quantitative estimate of drug-likeness (QED) is 0.340. The Morgan fingerprint density at radius 3 is 2.67 bits per heavy atom. The van der Waals surface area contributed by atoms with E-state index in [1.165, 1.54) is 4.31 Å². The largest absolute Gasteiger partial charge is 0.361 e. The van der Waals surface area contributed by atoms with Crippen LogP contribution in [0.1, 0.15) is 6.92 Å². The van der Waals surface area contributed by atoms with Gasteiger partial charge < -0.3 is 15.0 Å². The Balaban J connectivity index is 1.53. The number of hydrogen-bond donors (Lipinski definition) is 1. The van der Waals surface area contributed by atoms with Gasteiger partial charge >= 0.3 is 0 Å². The first-order valence-electron chi connectivity index (χ1n) is 11.2. The maximum absolute atomic E-state index is 12.2. The van der Waals surface area contributed by atoms with Crippen LogP contribution in [0.2, 0.25) is 25.7 Å². The van der Waals surface area contributed by atoms with Gasteiger partial charge in [0.15, 0.2) is 0 Å². The van der Waals surface area contributed by atoms with Crippen molar-refractivity contribution in [3.8, 4) is 11.3 Å². The van der Waals surface area contributed by atoms with Gasteiger partial charge in [0.25, 0.3) is 0 Å². The summed E-state index contributed by atoms with van der Waals surface area (Å²) in [6.45, 7) is 10.8. The second kappa shape index (κ2) is 8.91. The summed E-state index contributed by atoms with van der Waals surface area (Å²) in [5, 5.41) is 5.44. The molecule has 12 heteroatoms. The van der Waals surface area contributed by atoms with Gasteiger partial charge in [-0.2, -0.15) is 9.40 Å². The molecule has 1 saturated heterocycles. The van der Waals surface area contributed by atoms with Crippen molar-refractivity contribution < 1.29 is 13.2 Å². The van der Waals surface area contributed by atoms with Crippen LogP contribution in [-0.4, -0.2) is 77.1 Å². The molecule has 0 aliphatic carbocycles. The Morgan fingerprint density at radius 2 is 2.00 bits per heavy atom. The fourth-order valence-electron chi connectivity index (χ4n) is 3.94. The molecule has 4 heterocycles. The molecule has 180 valence electrons. The van der Waals surface area contributed by atoms with E-state index >= 15 is 0 Å². The van der Waals surface area contributed by atoms with Crippen LogP contribution in [-0.2, 0) is 27.0 Å². The smallest absolute Gasteiger partial charge is 0.213 e. The molecule has 0 atom stereocenters. The maximum atomic E-state index is 12.2. The Kier molecular flexibility index (Phi) is 6.48. The summed E-state index contributed by atoms with van der Waals surface area (Å²) < 4.78 is 35.5. The van der Waals surface area contributed by atoms with Crippen molar-refractivity contribution in [1.29, 1.82) is 0 Å². The molecular weight excluding hydrogens is 458 g/mol. The number of fused-ring (bicyclic) bond motifs is 1. The van der Waals surface area contributed by atoms with Crippen molar-refractivity contribution in [2.24, 2.45) is 5.73 Å². The lowest BCUT2D eigenvalue weighted by atomic mass is 9.93. The number of nitrogens with zero attached hydrogens (tertiary/aromatic N) is 6. The van der Waals surface area contributed by atoms with E-state index in [2.05, 4.69) is 34.7 Å². The average Bonchev–Trinajstić information content (AvgIpc) is 3.38. The van der Waals surface area contributed by atoms with Gasteiger partial charge in [-0.25, -0.2) is 18.4 Å². The zero-order chi connectivity index (χ0) is 23.9. The topological polar surface area (TPSA) is 121 Å². The van der Waals surface area contributed by atoms with E-state index in [0.717, 1.165) is 34.9 Å². The molecule has 0 amide bonds. The molecular formula is C21H33N7O3SSi. The van der Waals surface area contributed by atoms with Crippen molar-refractivity contribution in [3.63, 3.8) is 0 Å². The van der Waals surface area contributed by atoms with Gasteiger partial charge in [0, 0.05) is 57.7 Å². The molecule has 4 rings (SSSR count). The average molecular weight is 492 g/mol. The second-order valence-electron chi connectivity index (χ2n) is 9.86. The van der Waals surface area contributed by atoms with Crippen molar-refractivity contribution >= 4 is 29.1 Å². The molecule has 3 aromatic heterocycles. The summed E-state index contributed by atoms with van der Waals surface area (Å²) in [6, 6.07) is 3.10. The summed E-state index contributed by atoms with van der Waals surface area (Å²) in [7, 11) is -4.37. The molecule has 1 aliphatic rings. The lowest BCUT2D eigenvalue weighted by Crippen LogP contribution is -2.67. The summed E-state index contributed by atoms with van der Waals surface area (Å²) >= 11 is 0. The minimum absolute atomic E-state index is 0.0791. The van der Waals surface area contributed by atoms with E-state index in [1.807, 2.05) is 23.0 Å². The monoisotopic (exact) mass is 491 g/mol. The first-order valence-corrected chi connectivity index (χ1v) is 16.5. The lowest BCUT2D eigenvalue weighted by Gasteiger charge is -2.48. The Hall–Kier alpha value is -2.12. The SMILES string of the molecule is CCS(=O)(=O)N1CC(CN)(n2cc(-c3ncnc4c3ccn4COCC[Si](C)(C)C)cn2)C1. The third kappa shape index (κ3) is 4.76. The standard InChI is InChI=1S/C21H33N7O3SSi/c1-5-32(29,30)27-13-21(12-22,14-27)28-11-17(10-25-28)19-18-6-7-26(20(18)24-15-23-19)16-31-8-9-33(2,3)4/h6-7,10-11,15H,5,8-9,12-14,16,22H2,1-4H3. The molecule has 3 aromatic rings. The number of hydrogen-bond acceptors (Lipinski definition) is 7. The third-order valence-electron chi connectivity index (χ3n) is 6.20. The highest BCUT2D eigenvalue weighted by Gasteiger charge is 2.48. The van der Waals surface area contributed by atoms with Gasteiger partial charge in [-0.1, -0.05) is 19.6 Å². The van der Waals surface area contributed by atoms with E-state index in [-0.39, 0.29) is 5.75 Å². The molecule has 1 fully saturated rings. The molecule has 10 nitrogen and oxygen atoms in total. The first-order chi connectivity index (χ1) is 15.6. The normalized spacial score (nSPS) is 16.9. The second-order valence-corrected chi connectivity index (χ2v) is 17.7. The minimum atomic E-state index is -3.24. The van der Waals surface area contributed by atoms with Crippen molar-refractivity contribution in [2.45, 2.75) is 44.9 Å². The number of rotatable bonds is 10. The van der Waals surface area contributed by atoms with E-state index in [0.29, 0.717) is 26.4 Å². The highest BCUT2D eigenvalue weighted by molar-refractivity contribution is 7.89. The minimum Gasteiger partial charge on any atom is -0.361 e. The van der Waals surface area contributed by atoms with Crippen molar-refractivity contribution in [1.82, 2.24) is 28.6 Å². The number of nitrogens with two attached hydrogens (primary N) is 1. The molecule has 2 N–H and O–H groups in total. The summed E-state index contributed by atoms with van der Waals surface area (Å²) in [5.41, 5.74) is 7.93. The van der Waals surface area contributed by atoms with Crippen LogP contribution in [0.4, 0.5) is 0 Å². The lowest BCUT2D eigenvalue weighted by molar-refractivity contribution is 0.0759. The van der Waals surface area contributed by atoms with Crippen LogP contribution in [0.15, 0.2) is 31.0 Å². The summed E-state index contributed by atoms with van der Waals surface area (Å²) in [6.07, 6.45) is 7.15. The zero-order valence-electron chi connectivity index (χ0n) is 19.7. The van der Waals surface area contributed by atoms with Crippen LogP contribution >= 0.6 is 0 Å². The van der Waals surface area contributed by atoms with E-state index in [1.54, 1.807) is 24.1 Å². The van der Waals surface area contributed by atoms with Crippen LogP contribution in [0, 0.1) is 0 Å². The van der Waals surface area contributed by atoms with Gasteiger partial charge in [-0.15, -0.1) is 0 Å². The number of sulfonamides is 1. The van der Waals surface area contributed by atoms with Gasteiger partial charge in [0.2, 0.25) is 10.0 Å². The zero-order valence-corrected chi connectivity index (χ0v) is 21.5. The summed E-state index contributed by atoms with van der Waals surface area (Å²) in [5.74, 6) is 0.0791. The molecule has 0 spiro atoms. The van der Waals surface area contributed by atoms with E-state index < -0.39 is 23.6 Å². The van der Waals surface area contributed by atoms with Gasteiger partial charge in [-0.3, -0.25) is 4.68 Å². The van der Waals surface area contributed by atoms with Gasteiger partial charge in [0.05, 0.1) is 17.6 Å². The predicted molar refractivity (Wildman–Crippen MR) is 131 cm³/mol. The Labute approximate surface area is 195 Å². The molecule has 0 bridgehead atoms. The predicted octanol–water partition coefficient (Wildman–Crippen LogP) is 1.93. The van der Waals surface area contributed by atoms with Crippen molar-refractivity contribution in [2.75, 3.05) is 32.0 Å². The third-order valence-corrected chi connectivity index (χ3v) is 9.68. The fraction of sp³-hybridized carbons (Fsp3) is 0.571. The van der Waals surface area contributed by atoms with E-state index in [9.17, 15) is 8.42 Å². The highest BCUT2D eigenvalue weighted by atomic mass is 32.2. The molecule has 33 heavy (non-hydrogen) atoms. The molecule has 0 aromatic carbocycles. The van der Waals surface area contributed by atoms with Gasteiger partial charge in [-0.05, 0) is 19.0 Å². The van der Waals surface area contributed by atoms with Crippen LogP contribution in [0.5, 0.6) is 0 Å². The molecule has 1 aliphatic heterocycles. The molecule has 0 saturated carbocycles. The van der Waals surface area contributed by atoms with Crippen LogP contribution in [0.3, 0.4) is 0 Å². The van der Waals surface area contributed by atoms with Crippen molar-refractivity contribution in [3.05, 3.63) is 31.0 Å². The van der Waals surface area contributed by atoms with E-state index in [4.69, 9.17) is 10.5 Å². The number of aromatic nitrogens is 5. The summed E-state index contributed by atoms with van der Waals surface area (Å²) in [4.78, 5) is 8.96. The highest BCUT2D eigenvalue weighted by Crippen LogP contribution is 2.33.